The Hall–Kier alpha value is -7.12. The molecular weight excluding hydrogens is 631 g/mol. The third-order valence-corrected chi connectivity index (χ3v) is 9.27. The molecule has 7 nitrogen and oxygen atoms in total. The van der Waals surface area contributed by atoms with Crippen LogP contribution in [0.1, 0.15) is 0 Å². The summed E-state index contributed by atoms with van der Waals surface area (Å²) < 4.78 is 7.03. The summed E-state index contributed by atoms with van der Waals surface area (Å²) in [6.07, 6.45) is 0. The van der Waals surface area contributed by atoms with E-state index in [4.69, 9.17) is 0 Å². The van der Waals surface area contributed by atoms with E-state index in [1.807, 2.05) is 176 Å². The van der Waals surface area contributed by atoms with Crippen molar-refractivity contribution in [2.24, 2.45) is 0 Å². The number of nitrogens with zero attached hydrogens (tertiary/aromatic N) is 5. The van der Waals surface area contributed by atoms with Crippen LogP contribution in [0, 0.1) is 0 Å². The van der Waals surface area contributed by atoms with Gasteiger partial charge in [-0.05, 0) is 109 Å². The molecule has 9 aromatic rings. The molecule has 0 aliphatic heterocycles. The fourth-order valence-corrected chi connectivity index (χ4v) is 6.97. The molecule has 0 spiro atoms. The van der Waals surface area contributed by atoms with Crippen LogP contribution in [-0.4, -0.2) is 18.3 Å². The molecule has 0 bridgehead atoms. The predicted molar refractivity (Wildman–Crippen MR) is 206 cm³/mol. The first-order valence-corrected chi connectivity index (χ1v) is 16.8. The Bertz CT molecular complexity index is 2590. The molecular formula is C44H31N5O2. The van der Waals surface area contributed by atoms with Crippen molar-refractivity contribution in [3.8, 4) is 22.7 Å². The maximum atomic E-state index is 14.0. The molecule has 0 saturated heterocycles. The van der Waals surface area contributed by atoms with Crippen molar-refractivity contribution in [3.05, 3.63) is 209 Å². The first-order chi connectivity index (χ1) is 25.2. The molecule has 7 aromatic carbocycles. The Kier molecular flexibility index (Phi) is 7.29. The topological polar surface area (TPSA) is 57.1 Å². The highest BCUT2D eigenvalue weighted by Crippen LogP contribution is 2.36. The second kappa shape index (κ2) is 12.4. The normalized spacial score (nSPS) is 11.3. The second-order valence-electron chi connectivity index (χ2n) is 12.3. The standard InChI is InChI=1S/C44H31N5O2/c50-43-46(33-16-6-2-7-17-33)39-20-10-12-22-41(39)48(43)37-28-24-35(25-29-37)45(32-14-4-1-5-15-32)36-26-30-38(31-27-36)49-42-23-13-11-21-40(42)47(44(49)51)34-18-8-3-9-19-34/h1-31H. The summed E-state index contributed by atoms with van der Waals surface area (Å²) in [6.45, 7) is 0. The van der Waals surface area contributed by atoms with Crippen LogP contribution in [0.15, 0.2) is 198 Å². The van der Waals surface area contributed by atoms with E-state index in [2.05, 4.69) is 17.0 Å². The molecule has 0 aliphatic rings. The summed E-state index contributed by atoms with van der Waals surface area (Å²) in [5, 5.41) is 0. The van der Waals surface area contributed by atoms with Gasteiger partial charge in [-0.3, -0.25) is 18.3 Å². The van der Waals surface area contributed by atoms with Gasteiger partial charge in [-0.1, -0.05) is 78.9 Å². The van der Waals surface area contributed by atoms with Gasteiger partial charge < -0.3 is 4.90 Å². The Morgan fingerprint density at radius 2 is 0.529 bits per heavy atom. The molecule has 244 valence electrons. The summed E-state index contributed by atoms with van der Waals surface area (Å²) in [5.74, 6) is 0. The fourth-order valence-electron chi connectivity index (χ4n) is 6.97. The van der Waals surface area contributed by atoms with E-state index in [9.17, 15) is 9.59 Å². The van der Waals surface area contributed by atoms with Gasteiger partial charge in [0.15, 0.2) is 0 Å². The first-order valence-electron chi connectivity index (χ1n) is 16.8. The maximum Gasteiger partial charge on any atom is 0.338 e. The average molecular weight is 662 g/mol. The van der Waals surface area contributed by atoms with Gasteiger partial charge in [0, 0.05) is 17.1 Å². The van der Waals surface area contributed by atoms with E-state index in [1.165, 1.54) is 0 Å². The van der Waals surface area contributed by atoms with Crippen molar-refractivity contribution in [1.82, 2.24) is 18.3 Å². The number of para-hydroxylation sites is 7. The van der Waals surface area contributed by atoms with Crippen molar-refractivity contribution >= 4 is 39.1 Å². The van der Waals surface area contributed by atoms with E-state index in [-0.39, 0.29) is 11.4 Å². The van der Waals surface area contributed by atoms with E-state index < -0.39 is 0 Å². The van der Waals surface area contributed by atoms with Crippen LogP contribution >= 0.6 is 0 Å². The predicted octanol–water partition coefficient (Wildman–Crippen LogP) is 9.35. The molecule has 0 atom stereocenters. The number of fused-ring (bicyclic) bond motifs is 2. The van der Waals surface area contributed by atoms with Gasteiger partial charge in [-0.25, -0.2) is 9.59 Å². The van der Waals surface area contributed by atoms with Gasteiger partial charge in [0.05, 0.1) is 44.8 Å². The molecule has 9 rings (SSSR count). The van der Waals surface area contributed by atoms with Gasteiger partial charge in [0.25, 0.3) is 0 Å². The minimum atomic E-state index is -0.130. The summed E-state index contributed by atoms with van der Waals surface area (Å²) in [5.41, 5.74) is 9.10. The van der Waals surface area contributed by atoms with E-state index in [1.54, 1.807) is 18.3 Å². The Balaban J connectivity index is 1.12. The van der Waals surface area contributed by atoms with E-state index in [0.29, 0.717) is 0 Å². The lowest BCUT2D eigenvalue weighted by Crippen LogP contribution is -2.22. The number of aromatic nitrogens is 4. The molecule has 7 heteroatoms. The molecule has 2 heterocycles. The van der Waals surface area contributed by atoms with Crippen LogP contribution in [0.2, 0.25) is 0 Å². The van der Waals surface area contributed by atoms with Crippen LogP contribution in [0.25, 0.3) is 44.8 Å². The third kappa shape index (κ3) is 5.07. The zero-order valence-corrected chi connectivity index (χ0v) is 27.5. The molecule has 0 amide bonds. The molecule has 0 aliphatic carbocycles. The number of rotatable bonds is 7. The lowest BCUT2D eigenvalue weighted by Gasteiger charge is -2.26. The van der Waals surface area contributed by atoms with Crippen molar-refractivity contribution in [2.75, 3.05) is 4.90 Å². The number of anilines is 3. The molecule has 0 radical (unpaired) electrons. The minimum absolute atomic E-state index is 0.130. The van der Waals surface area contributed by atoms with Crippen molar-refractivity contribution < 1.29 is 0 Å². The highest BCUT2D eigenvalue weighted by Gasteiger charge is 2.19. The van der Waals surface area contributed by atoms with Gasteiger partial charge in [-0.2, -0.15) is 0 Å². The highest BCUT2D eigenvalue weighted by molar-refractivity contribution is 5.83. The lowest BCUT2D eigenvalue weighted by molar-refractivity contribution is 0.930. The smallest absolute Gasteiger partial charge is 0.311 e. The van der Waals surface area contributed by atoms with E-state index in [0.717, 1.165) is 61.9 Å². The average Bonchev–Trinajstić information content (AvgIpc) is 3.66. The molecule has 2 aromatic heterocycles. The van der Waals surface area contributed by atoms with Gasteiger partial charge in [0.2, 0.25) is 0 Å². The van der Waals surface area contributed by atoms with Gasteiger partial charge in [0.1, 0.15) is 0 Å². The zero-order valence-electron chi connectivity index (χ0n) is 27.5. The summed E-state index contributed by atoms with van der Waals surface area (Å²) in [4.78, 5) is 30.1. The Morgan fingerprint density at radius 3 is 0.863 bits per heavy atom. The Labute approximate surface area is 293 Å². The largest absolute Gasteiger partial charge is 0.338 e. The SMILES string of the molecule is O=c1n(-c2ccccc2)c2ccccc2n1-c1ccc(N(c2ccccc2)c2ccc(-n3c(=O)n(-c4ccccc4)c4ccccc43)cc2)cc1. The first kappa shape index (κ1) is 30.0. The van der Waals surface area contributed by atoms with Crippen molar-refractivity contribution in [2.45, 2.75) is 0 Å². The molecule has 0 fully saturated rings. The summed E-state index contributed by atoms with van der Waals surface area (Å²) in [6, 6.07) is 61.4. The second-order valence-corrected chi connectivity index (χ2v) is 12.3. The molecule has 0 saturated carbocycles. The van der Waals surface area contributed by atoms with Crippen LogP contribution < -0.4 is 16.3 Å². The van der Waals surface area contributed by atoms with Crippen LogP contribution in [-0.2, 0) is 0 Å². The minimum Gasteiger partial charge on any atom is -0.311 e. The fraction of sp³-hybridized carbons (Fsp3) is 0. The number of imidazole rings is 2. The number of hydrogen-bond donors (Lipinski definition) is 0. The quantitative estimate of drug-likeness (QED) is 0.171. The highest BCUT2D eigenvalue weighted by atomic mass is 16.2. The molecule has 0 N–H and O–H groups in total. The monoisotopic (exact) mass is 661 g/mol. The lowest BCUT2D eigenvalue weighted by atomic mass is 10.1. The maximum absolute atomic E-state index is 14.0. The molecule has 51 heavy (non-hydrogen) atoms. The third-order valence-electron chi connectivity index (χ3n) is 9.27. The van der Waals surface area contributed by atoms with Gasteiger partial charge >= 0.3 is 11.4 Å². The van der Waals surface area contributed by atoms with Crippen molar-refractivity contribution in [1.29, 1.82) is 0 Å². The van der Waals surface area contributed by atoms with E-state index >= 15 is 0 Å². The van der Waals surface area contributed by atoms with Crippen LogP contribution in [0.4, 0.5) is 17.1 Å². The van der Waals surface area contributed by atoms with Crippen LogP contribution in [0.5, 0.6) is 0 Å². The van der Waals surface area contributed by atoms with Crippen molar-refractivity contribution in [3.63, 3.8) is 0 Å². The van der Waals surface area contributed by atoms with Crippen LogP contribution in [0.3, 0.4) is 0 Å². The number of benzene rings is 7. The zero-order chi connectivity index (χ0) is 34.3. The molecule has 0 unspecified atom stereocenters. The number of hydrogen-bond acceptors (Lipinski definition) is 3. The summed E-state index contributed by atoms with van der Waals surface area (Å²) in [7, 11) is 0. The Morgan fingerprint density at radius 1 is 0.275 bits per heavy atom. The van der Waals surface area contributed by atoms with Gasteiger partial charge in [-0.15, -0.1) is 0 Å². The summed E-state index contributed by atoms with van der Waals surface area (Å²) >= 11 is 0.